The van der Waals surface area contributed by atoms with Crippen molar-refractivity contribution in [1.82, 2.24) is 10.2 Å². The third-order valence-corrected chi connectivity index (χ3v) is 3.95. The van der Waals surface area contributed by atoms with E-state index in [4.69, 9.17) is 18.0 Å². The molecule has 0 aliphatic carbocycles. The summed E-state index contributed by atoms with van der Waals surface area (Å²) in [5.41, 5.74) is 7.22. The van der Waals surface area contributed by atoms with Crippen LogP contribution in [0.4, 0.5) is 0 Å². The number of hydrogen-bond donors (Lipinski definition) is 2. The van der Waals surface area contributed by atoms with E-state index in [9.17, 15) is 9.59 Å². The van der Waals surface area contributed by atoms with E-state index in [1.165, 1.54) is 0 Å². The number of likely N-dealkylation sites (N-methyl/N-ethyl adjacent to an activating group) is 1. The van der Waals surface area contributed by atoms with Gasteiger partial charge in [0.2, 0.25) is 11.8 Å². The second-order valence-electron chi connectivity index (χ2n) is 5.10. The normalized spacial score (nSPS) is 17.6. The van der Waals surface area contributed by atoms with E-state index in [0.29, 0.717) is 11.5 Å². The molecule has 1 heterocycles. The first-order valence-corrected chi connectivity index (χ1v) is 7.33. The SMILES string of the molecule is CNC(=O)C1CCCN1C(=O)Cc1ccc(C(N)=S)cc1. The van der Waals surface area contributed by atoms with Crippen molar-refractivity contribution < 1.29 is 9.59 Å². The molecule has 1 atom stereocenters. The summed E-state index contributed by atoms with van der Waals surface area (Å²) in [4.78, 5) is 26.1. The summed E-state index contributed by atoms with van der Waals surface area (Å²) in [6, 6.07) is 6.98. The predicted octanol–water partition coefficient (Wildman–Crippen LogP) is 0.600. The molecule has 1 saturated heterocycles. The van der Waals surface area contributed by atoms with E-state index in [2.05, 4.69) is 5.32 Å². The summed E-state index contributed by atoms with van der Waals surface area (Å²) in [6.07, 6.45) is 1.88. The van der Waals surface area contributed by atoms with Crippen molar-refractivity contribution in [2.75, 3.05) is 13.6 Å². The van der Waals surface area contributed by atoms with Gasteiger partial charge in [-0.25, -0.2) is 0 Å². The monoisotopic (exact) mass is 305 g/mol. The largest absolute Gasteiger partial charge is 0.389 e. The van der Waals surface area contributed by atoms with Crippen LogP contribution in [0.3, 0.4) is 0 Å². The smallest absolute Gasteiger partial charge is 0.242 e. The van der Waals surface area contributed by atoms with Crippen LogP contribution in [0.25, 0.3) is 0 Å². The minimum Gasteiger partial charge on any atom is -0.389 e. The third kappa shape index (κ3) is 3.58. The highest BCUT2D eigenvalue weighted by Crippen LogP contribution is 2.19. The molecule has 5 nitrogen and oxygen atoms in total. The number of benzene rings is 1. The summed E-state index contributed by atoms with van der Waals surface area (Å²) in [5, 5.41) is 2.61. The highest BCUT2D eigenvalue weighted by Gasteiger charge is 2.33. The first-order chi connectivity index (χ1) is 10.0. The maximum atomic E-state index is 12.4. The molecule has 0 bridgehead atoms. The minimum absolute atomic E-state index is 0.0239. The summed E-state index contributed by atoms with van der Waals surface area (Å²) >= 11 is 4.90. The molecular weight excluding hydrogens is 286 g/mol. The number of thiocarbonyl (C=S) groups is 1. The van der Waals surface area contributed by atoms with Crippen molar-refractivity contribution >= 4 is 29.0 Å². The zero-order chi connectivity index (χ0) is 15.4. The van der Waals surface area contributed by atoms with Gasteiger partial charge in [0, 0.05) is 19.2 Å². The van der Waals surface area contributed by atoms with Gasteiger partial charge in [-0.1, -0.05) is 36.5 Å². The van der Waals surface area contributed by atoms with Gasteiger partial charge in [0.25, 0.3) is 0 Å². The first-order valence-electron chi connectivity index (χ1n) is 6.92. The second kappa shape index (κ2) is 6.67. The van der Waals surface area contributed by atoms with Crippen LogP contribution in [-0.2, 0) is 16.0 Å². The molecule has 1 aliphatic rings. The number of hydrogen-bond acceptors (Lipinski definition) is 3. The lowest BCUT2D eigenvalue weighted by molar-refractivity contribution is -0.137. The van der Waals surface area contributed by atoms with Gasteiger partial charge in [0.1, 0.15) is 11.0 Å². The Morgan fingerprint density at radius 1 is 1.38 bits per heavy atom. The van der Waals surface area contributed by atoms with Crippen molar-refractivity contribution in [3.8, 4) is 0 Å². The average molecular weight is 305 g/mol. The fraction of sp³-hybridized carbons (Fsp3) is 0.400. The molecule has 21 heavy (non-hydrogen) atoms. The summed E-state index contributed by atoms with van der Waals surface area (Å²) in [5.74, 6) is -0.117. The van der Waals surface area contributed by atoms with E-state index in [1.54, 1.807) is 11.9 Å². The van der Waals surface area contributed by atoms with Crippen LogP contribution in [0.2, 0.25) is 0 Å². The van der Waals surface area contributed by atoms with E-state index >= 15 is 0 Å². The highest BCUT2D eigenvalue weighted by atomic mass is 32.1. The topological polar surface area (TPSA) is 75.4 Å². The molecule has 1 aromatic carbocycles. The molecule has 1 unspecified atom stereocenters. The van der Waals surface area contributed by atoms with Crippen LogP contribution in [-0.4, -0.2) is 41.3 Å². The van der Waals surface area contributed by atoms with Crippen LogP contribution in [0.5, 0.6) is 0 Å². The Kier molecular flexibility index (Phi) is 4.90. The van der Waals surface area contributed by atoms with Crippen LogP contribution < -0.4 is 11.1 Å². The molecule has 0 aromatic heterocycles. The van der Waals surface area contributed by atoms with Gasteiger partial charge >= 0.3 is 0 Å². The van der Waals surface area contributed by atoms with Gasteiger partial charge in [-0.3, -0.25) is 9.59 Å². The van der Waals surface area contributed by atoms with Gasteiger partial charge in [0.05, 0.1) is 6.42 Å². The number of amides is 2. The Labute approximate surface area is 129 Å². The van der Waals surface area contributed by atoms with Gasteiger partial charge in [-0.05, 0) is 18.4 Å². The van der Waals surface area contributed by atoms with Gasteiger partial charge in [-0.15, -0.1) is 0 Å². The van der Waals surface area contributed by atoms with Crippen LogP contribution in [0, 0.1) is 0 Å². The molecule has 1 aliphatic heterocycles. The van der Waals surface area contributed by atoms with Crippen molar-refractivity contribution in [1.29, 1.82) is 0 Å². The third-order valence-electron chi connectivity index (χ3n) is 3.72. The number of carbonyl (C=O) groups excluding carboxylic acids is 2. The van der Waals surface area contributed by atoms with Crippen molar-refractivity contribution in [2.24, 2.45) is 5.73 Å². The summed E-state index contributed by atoms with van der Waals surface area (Å²) < 4.78 is 0. The molecule has 1 aromatic rings. The van der Waals surface area contributed by atoms with E-state index in [0.717, 1.165) is 24.0 Å². The number of nitrogens with one attached hydrogen (secondary N) is 1. The zero-order valence-electron chi connectivity index (χ0n) is 12.0. The molecule has 6 heteroatoms. The maximum absolute atomic E-state index is 12.4. The highest BCUT2D eigenvalue weighted by molar-refractivity contribution is 7.80. The number of nitrogens with two attached hydrogens (primary N) is 1. The molecule has 1 fully saturated rings. The molecule has 0 spiro atoms. The van der Waals surface area contributed by atoms with Gasteiger partial charge < -0.3 is 16.0 Å². The molecule has 2 rings (SSSR count). The fourth-order valence-electron chi connectivity index (χ4n) is 2.57. The predicted molar refractivity (Wildman–Crippen MR) is 84.8 cm³/mol. The average Bonchev–Trinajstić information content (AvgIpc) is 2.96. The fourth-order valence-corrected chi connectivity index (χ4v) is 2.70. The van der Waals surface area contributed by atoms with Crippen molar-refractivity contribution in [2.45, 2.75) is 25.3 Å². The Balaban J connectivity index is 2.03. The second-order valence-corrected chi connectivity index (χ2v) is 5.54. The van der Waals surface area contributed by atoms with Crippen LogP contribution in [0.1, 0.15) is 24.0 Å². The van der Waals surface area contributed by atoms with Crippen LogP contribution in [0.15, 0.2) is 24.3 Å². The molecule has 2 amide bonds. The standard InChI is InChI=1S/C15H19N3O2S/c1-17-15(20)12-3-2-8-18(12)13(19)9-10-4-6-11(7-5-10)14(16)21/h4-7,12H,2-3,8-9H2,1H3,(H2,16,21)(H,17,20). The summed E-state index contributed by atoms with van der Waals surface area (Å²) in [6.45, 7) is 0.641. The number of nitrogens with zero attached hydrogens (tertiary/aromatic N) is 1. The maximum Gasteiger partial charge on any atom is 0.242 e. The Bertz CT molecular complexity index is 557. The van der Waals surface area contributed by atoms with E-state index in [-0.39, 0.29) is 24.3 Å². The Morgan fingerprint density at radius 3 is 2.62 bits per heavy atom. The van der Waals surface area contributed by atoms with Crippen molar-refractivity contribution in [3.05, 3.63) is 35.4 Å². The lowest BCUT2D eigenvalue weighted by atomic mass is 10.1. The Hall–Kier alpha value is -1.95. The lowest BCUT2D eigenvalue weighted by Crippen LogP contribution is -2.45. The van der Waals surface area contributed by atoms with E-state index in [1.807, 2.05) is 24.3 Å². The lowest BCUT2D eigenvalue weighted by Gasteiger charge is -2.23. The van der Waals surface area contributed by atoms with E-state index < -0.39 is 0 Å². The quantitative estimate of drug-likeness (QED) is 0.799. The Morgan fingerprint density at radius 2 is 2.05 bits per heavy atom. The number of likely N-dealkylation sites (tertiary alicyclic amines) is 1. The minimum atomic E-state index is -0.335. The van der Waals surface area contributed by atoms with Crippen molar-refractivity contribution in [3.63, 3.8) is 0 Å². The first kappa shape index (κ1) is 15.4. The van der Waals surface area contributed by atoms with Gasteiger partial charge in [0.15, 0.2) is 0 Å². The molecule has 112 valence electrons. The molecular formula is C15H19N3O2S. The number of rotatable bonds is 4. The number of carbonyl (C=O) groups is 2. The van der Waals surface area contributed by atoms with Gasteiger partial charge in [-0.2, -0.15) is 0 Å². The molecule has 0 radical (unpaired) electrons. The molecule has 3 N–H and O–H groups in total. The summed E-state index contributed by atoms with van der Waals surface area (Å²) in [7, 11) is 1.59. The zero-order valence-corrected chi connectivity index (χ0v) is 12.8. The van der Waals surface area contributed by atoms with Crippen LogP contribution >= 0.6 is 12.2 Å². The molecule has 0 saturated carbocycles.